The van der Waals surface area contributed by atoms with E-state index in [1.165, 1.54) is 19.3 Å². The molecule has 0 aromatic heterocycles. The van der Waals surface area contributed by atoms with Crippen molar-refractivity contribution in [3.63, 3.8) is 0 Å². The fraction of sp³-hybridized carbons (Fsp3) is 0.526. The number of allylic oxidation sites excluding steroid dienone is 4. The number of aliphatic hydroxyl groups excluding tert-OH is 2. The lowest BCUT2D eigenvalue weighted by molar-refractivity contribution is -0.145. The minimum absolute atomic E-state index is 0.000513. The topological polar surface area (TPSA) is 110 Å². The summed E-state index contributed by atoms with van der Waals surface area (Å²) in [6.07, 6.45) is 2.22. The maximum absolute atomic E-state index is 12.5. The molecule has 1 aliphatic heterocycles. The van der Waals surface area contributed by atoms with Crippen LogP contribution in [0.2, 0.25) is 0 Å². The number of esters is 1. The van der Waals surface area contributed by atoms with Gasteiger partial charge in [-0.25, -0.2) is 4.79 Å². The molecular weight excluding hydrogens is 340 g/mol. The molecule has 0 saturated carbocycles. The van der Waals surface area contributed by atoms with Crippen LogP contribution in [0.5, 0.6) is 0 Å². The number of cyclic esters (lactones) is 1. The Balaban J connectivity index is 2.38. The highest BCUT2D eigenvalue weighted by atomic mass is 16.5. The molecule has 0 amide bonds. The second-order valence-electron chi connectivity index (χ2n) is 6.47. The van der Waals surface area contributed by atoms with E-state index in [0.29, 0.717) is 24.2 Å². The highest BCUT2D eigenvalue weighted by Crippen LogP contribution is 2.25. The summed E-state index contributed by atoms with van der Waals surface area (Å²) >= 11 is 0. The summed E-state index contributed by atoms with van der Waals surface area (Å²) in [6.45, 7) is 1.68. The van der Waals surface area contributed by atoms with Gasteiger partial charge in [0, 0.05) is 6.42 Å². The van der Waals surface area contributed by atoms with Gasteiger partial charge >= 0.3 is 5.97 Å². The first-order chi connectivity index (χ1) is 12.3. The summed E-state index contributed by atoms with van der Waals surface area (Å²) in [5, 5.41) is 19.9. The van der Waals surface area contributed by atoms with Crippen molar-refractivity contribution in [3.8, 4) is 0 Å². The zero-order valence-corrected chi connectivity index (χ0v) is 14.9. The zero-order chi connectivity index (χ0) is 19.3. The van der Waals surface area contributed by atoms with Gasteiger partial charge in [-0.1, -0.05) is 12.2 Å². The fourth-order valence-corrected chi connectivity index (χ4v) is 2.89. The Kier molecular flexibility index (Phi) is 6.88. The third-order valence-electron chi connectivity index (χ3n) is 4.40. The van der Waals surface area contributed by atoms with Gasteiger partial charge in [0.25, 0.3) is 0 Å². The van der Waals surface area contributed by atoms with Crippen molar-refractivity contribution in [2.45, 2.75) is 57.3 Å². The molecular formula is C19H24O7. The van der Waals surface area contributed by atoms with Crippen LogP contribution in [0.3, 0.4) is 0 Å². The molecule has 0 saturated heterocycles. The number of Topliss-reactive ketones (excluding diaryl/α,β-unsaturated/α-hetero) is 2. The van der Waals surface area contributed by atoms with Crippen LogP contribution < -0.4 is 0 Å². The monoisotopic (exact) mass is 364 g/mol. The number of aliphatic hydroxyl groups is 2. The van der Waals surface area contributed by atoms with Crippen LogP contribution in [0.15, 0.2) is 35.1 Å². The van der Waals surface area contributed by atoms with E-state index in [4.69, 9.17) is 9.47 Å². The third-order valence-corrected chi connectivity index (χ3v) is 4.40. The Morgan fingerprint density at radius 1 is 1.23 bits per heavy atom. The lowest BCUT2D eigenvalue weighted by Gasteiger charge is -2.20. The van der Waals surface area contributed by atoms with Gasteiger partial charge in [0.05, 0.1) is 25.7 Å². The quantitative estimate of drug-likeness (QED) is 0.530. The van der Waals surface area contributed by atoms with Crippen LogP contribution in [-0.2, 0) is 23.9 Å². The van der Waals surface area contributed by atoms with E-state index < -0.39 is 35.8 Å². The zero-order valence-electron chi connectivity index (χ0n) is 14.9. The number of methoxy groups -OCH3 is 1. The normalized spacial score (nSPS) is 30.1. The summed E-state index contributed by atoms with van der Waals surface area (Å²) in [6, 6.07) is 0. The van der Waals surface area contributed by atoms with Gasteiger partial charge in [-0.05, 0) is 37.8 Å². The summed E-state index contributed by atoms with van der Waals surface area (Å²) in [4.78, 5) is 36.7. The van der Waals surface area contributed by atoms with Crippen molar-refractivity contribution < 1.29 is 34.1 Å². The Morgan fingerprint density at radius 3 is 2.65 bits per heavy atom. The molecule has 2 N–H and O–H groups in total. The fourth-order valence-electron chi connectivity index (χ4n) is 2.89. The molecule has 26 heavy (non-hydrogen) atoms. The largest absolute Gasteiger partial charge is 0.501 e. The summed E-state index contributed by atoms with van der Waals surface area (Å²) in [7, 11) is 1.43. The molecule has 0 spiro atoms. The molecule has 0 fully saturated rings. The summed E-state index contributed by atoms with van der Waals surface area (Å²) in [5.74, 6) is -1.14. The number of rotatable bonds is 1. The molecule has 3 atom stereocenters. The average molecular weight is 364 g/mol. The van der Waals surface area contributed by atoms with Crippen molar-refractivity contribution >= 4 is 17.5 Å². The van der Waals surface area contributed by atoms with Gasteiger partial charge in [0.15, 0.2) is 11.6 Å². The number of carbonyl (C=O) groups is 3. The molecule has 0 bridgehead atoms. The molecule has 7 heteroatoms. The molecule has 1 heterocycles. The number of ether oxygens (including phenoxy) is 2. The van der Waals surface area contributed by atoms with E-state index >= 15 is 0 Å². The van der Waals surface area contributed by atoms with Gasteiger partial charge < -0.3 is 19.7 Å². The lowest BCUT2D eigenvalue weighted by Crippen LogP contribution is -2.33. The maximum atomic E-state index is 12.5. The van der Waals surface area contributed by atoms with Crippen molar-refractivity contribution in [1.29, 1.82) is 0 Å². The van der Waals surface area contributed by atoms with Crippen molar-refractivity contribution in [2.24, 2.45) is 0 Å². The van der Waals surface area contributed by atoms with Gasteiger partial charge in [0.1, 0.15) is 17.4 Å². The van der Waals surface area contributed by atoms with E-state index in [0.717, 1.165) is 0 Å². The van der Waals surface area contributed by atoms with Crippen LogP contribution in [0, 0.1) is 0 Å². The number of hydrogen-bond acceptors (Lipinski definition) is 7. The van der Waals surface area contributed by atoms with Crippen LogP contribution >= 0.6 is 0 Å². The molecule has 0 aromatic rings. The average Bonchev–Trinajstić information content (AvgIpc) is 2.59. The second-order valence-corrected chi connectivity index (χ2v) is 6.47. The first kappa shape index (κ1) is 20.1. The first-order valence-corrected chi connectivity index (χ1v) is 8.62. The highest BCUT2D eigenvalue weighted by molar-refractivity contribution is 6.20. The molecule has 2 rings (SSSR count). The van der Waals surface area contributed by atoms with E-state index in [1.807, 2.05) is 0 Å². The van der Waals surface area contributed by atoms with Crippen LogP contribution in [0.1, 0.15) is 39.0 Å². The molecule has 2 aliphatic rings. The number of ketones is 2. The molecule has 7 nitrogen and oxygen atoms in total. The molecule has 0 unspecified atom stereocenters. The molecule has 0 aromatic carbocycles. The van der Waals surface area contributed by atoms with Gasteiger partial charge in [-0.2, -0.15) is 0 Å². The first-order valence-electron chi connectivity index (χ1n) is 8.62. The standard InChI is InChI=1S/C19H24O7/c1-11-5-3-7-14(20)18(23)15(21)8-4-6-12-9-13(25-2)10-16(22)17(12)19(24)26-11/h4,6,9,11,15,18,21,23H,3,5,7-8,10H2,1-2H3/b6-4+/t11-,15+,18-/m1/s1. The van der Waals surface area contributed by atoms with Crippen molar-refractivity contribution in [2.75, 3.05) is 7.11 Å². The Labute approximate surface area is 152 Å². The van der Waals surface area contributed by atoms with Crippen LogP contribution in [0.4, 0.5) is 0 Å². The minimum atomic E-state index is -1.47. The maximum Gasteiger partial charge on any atom is 0.342 e. The van der Waals surface area contributed by atoms with E-state index in [1.54, 1.807) is 13.0 Å². The number of hydrogen-bond donors (Lipinski definition) is 2. The summed E-state index contributed by atoms with van der Waals surface area (Å²) in [5.41, 5.74) is 0.262. The van der Waals surface area contributed by atoms with Crippen LogP contribution in [-0.4, -0.2) is 53.2 Å². The predicted octanol–water partition coefficient (Wildman–Crippen LogP) is 1.14. The number of carbonyl (C=O) groups excluding carboxylic acids is 3. The van der Waals surface area contributed by atoms with Gasteiger partial charge in [-0.15, -0.1) is 0 Å². The smallest absolute Gasteiger partial charge is 0.342 e. The third kappa shape index (κ3) is 4.89. The van der Waals surface area contributed by atoms with Gasteiger partial charge in [-0.3, -0.25) is 9.59 Å². The van der Waals surface area contributed by atoms with Gasteiger partial charge in [0.2, 0.25) is 0 Å². The lowest BCUT2D eigenvalue weighted by atomic mass is 9.93. The van der Waals surface area contributed by atoms with Crippen molar-refractivity contribution in [1.82, 2.24) is 0 Å². The van der Waals surface area contributed by atoms with E-state index in [-0.39, 0.29) is 24.8 Å². The van der Waals surface area contributed by atoms with E-state index in [9.17, 15) is 24.6 Å². The predicted molar refractivity (Wildman–Crippen MR) is 91.9 cm³/mol. The second kappa shape index (κ2) is 8.91. The molecule has 1 aliphatic carbocycles. The summed E-state index contributed by atoms with van der Waals surface area (Å²) < 4.78 is 10.5. The molecule has 142 valence electrons. The minimum Gasteiger partial charge on any atom is -0.501 e. The SMILES string of the molecule is COC1=CC2=C(C(=O)C1)C(=O)O[C@H](C)CCCC(=O)[C@@H](O)[C@@H](O)C/C=C/2. The molecule has 0 radical (unpaired) electrons. The van der Waals surface area contributed by atoms with Crippen LogP contribution in [0.25, 0.3) is 0 Å². The Bertz CT molecular complexity index is 671. The Hall–Kier alpha value is -2.25. The Morgan fingerprint density at radius 2 is 1.96 bits per heavy atom. The van der Waals surface area contributed by atoms with Crippen molar-refractivity contribution in [3.05, 3.63) is 35.1 Å². The highest BCUT2D eigenvalue weighted by Gasteiger charge is 2.29. The van der Waals surface area contributed by atoms with E-state index in [2.05, 4.69) is 0 Å².